The molecule has 0 spiro atoms. The third-order valence-corrected chi connectivity index (χ3v) is 5.71. The number of ether oxygens (including phenoxy) is 1. The van der Waals surface area contributed by atoms with Gasteiger partial charge in [-0.1, -0.05) is 25.1 Å². The van der Waals surface area contributed by atoms with Gasteiger partial charge >= 0.3 is 0 Å². The third-order valence-electron chi connectivity index (χ3n) is 5.71. The first-order valence-corrected chi connectivity index (χ1v) is 9.97. The van der Waals surface area contributed by atoms with Crippen molar-refractivity contribution in [3.63, 3.8) is 0 Å². The molecule has 152 valence electrons. The molecule has 0 atom stereocenters. The first kappa shape index (κ1) is 19.6. The fourth-order valence-electron chi connectivity index (χ4n) is 3.95. The number of allylic oxidation sites excluding steroid dienone is 1. The number of likely N-dealkylation sites (N-methyl/N-ethyl adjacent to an activating group) is 1. The molecule has 4 rings (SSSR count). The quantitative estimate of drug-likeness (QED) is 0.801. The molecule has 0 radical (unpaired) electrons. The zero-order valence-corrected chi connectivity index (χ0v) is 16.7. The molecule has 0 aromatic heterocycles. The van der Waals surface area contributed by atoms with E-state index < -0.39 is 5.82 Å². The van der Waals surface area contributed by atoms with E-state index in [1.807, 2.05) is 0 Å². The number of carbonyl (C=O) groups is 1. The molecule has 1 saturated heterocycles. The number of Topliss-reactive ketones (excluding diaryl/α,β-unsaturated/α-hetero) is 1. The Balaban J connectivity index is 1.65. The van der Waals surface area contributed by atoms with Crippen LogP contribution in [0.15, 0.2) is 36.1 Å². The minimum Gasteiger partial charge on any atom is -0.507 e. The number of rotatable bonds is 4. The predicted octanol–water partition coefficient (Wildman–Crippen LogP) is 3.59. The molecule has 2 heterocycles. The standard InChI is InChI=1S/C23H25FN2O3/c1-3-25-8-10-26(11-9-25)14-17-19(27)12-15(2)21-22(28)20(29-23(17)21)13-16-6-4-5-7-18(16)24/h4-7,12-13,27H,3,8-11,14H2,1-2H3/b20-13-. The van der Waals surface area contributed by atoms with E-state index in [9.17, 15) is 14.3 Å². The number of hydrogen-bond acceptors (Lipinski definition) is 5. The molecule has 0 saturated carbocycles. The number of nitrogens with zero attached hydrogens (tertiary/aromatic N) is 2. The number of halogens is 1. The monoisotopic (exact) mass is 396 g/mol. The van der Waals surface area contributed by atoms with Crippen LogP contribution in [-0.2, 0) is 6.54 Å². The summed E-state index contributed by atoms with van der Waals surface area (Å²) in [5.74, 6) is -0.0956. The fraction of sp³-hybridized carbons (Fsp3) is 0.348. The molecule has 29 heavy (non-hydrogen) atoms. The van der Waals surface area contributed by atoms with Crippen LogP contribution in [0.4, 0.5) is 4.39 Å². The predicted molar refractivity (Wildman–Crippen MR) is 110 cm³/mol. The van der Waals surface area contributed by atoms with Crippen molar-refractivity contribution in [2.24, 2.45) is 0 Å². The van der Waals surface area contributed by atoms with Crippen molar-refractivity contribution in [1.29, 1.82) is 0 Å². The molecule has 0 aliphatic carbocycles. The Hall–Kier alpha value is -2.70. The highest BCUT2D eigenvalue weighted by atomic mass is 19.1. The van der Waals surface area contributed by atoms with Crippen LogP contribution in [-0.4, -0.2) is 53.4 Å². The minimum atomic E-state index is -0.416. The molecule has 2 aromatic rings. The van der Waals surface area contributed by atoms with Gasteiger partial charge in [-0.15, -0.1) is 0 Å². The molecule has 6 heteroatoms. The van der Waals surface area contributed by atoms with Crippen LogP contribution in [0.5, 0.6) is 11.5 Å². The van der Waals surface area contributed by atoms with Gasteiger partial charge in [-0.05, 0) is 37.2 Å². The molecular weight excluding hydrogens is 371 g/mol. The van der Waals surface area contributed by atoms with E-state index in [2.05, 4.69) is 16.7 Å². The van der Waals surface area contributed by atoms with E-state index in [0.717, 1.165) is 32.7 Å². The molecule has 2 aliphatic heterocycles. The van der Waals surface area contributed by atoms with Gasteiger partial charge in [0.2, 0.25) is 5.78 Å². The van der Waals surface area contributed by atoms with Crippen molar-refractivity contribution in [3.05, 3.63) is 64.2 Å². The van der Waals surface area contributed by atoms with Crippen LogP contribution >= 0.6 is 0 Å². The first-order chi connectivity index (χ1) is 14.0. The summed E-state index contributed by atoms with van der Waals surface area (Å²) in [6.45, 7) is 9.19. The van der Waals surface area contributed by atoms with Gasteiger partial charge in [-0.25, -0.2) is 4.39 Å². The van der Waals surface area contributed by atoms with Crippen LogP contribution in [0.1, 0.15) is 34.0 Å². The molecule has 1 fully saturated rings. The second-order valence-corrected chi connectivity index (χ2v) is 7.57. The molecule has 0 unspecified atom stereocenters. The number of ketones is 1. The Morgan fingerprint density at radius 1 is 1.17 bits per heavy atom. The second kappa shape index (κ2) is 7.97. The van der Waals surface area contributed by atoms with Crippen molar-refractivity contribution < 1.29 is 19.0 Å². The lowest BCUT2D eigenvalue weighted by Gasteiger charge is -2.34. The zero-order chi connectivity index (χ0) is 20.5. The Morgan fingerprint density at radius 2 is 1.86 bits per heavy atom. The number of benzene rings is 2. The summed E-state index contributed by atoms with van der Waals surface area (Å²) >= 11 is 0. The largest absolute Gasteiger partial charge is 0.507 e. The van der Waals surface area contributed by atoms with Crippen molar-refractivity contribution in [2.75, 3.05) is 32.7 Å². The summed E-state index contributed by atoms with van der Waals surface area (Å²) in [7, 11) is 0. The van der Waals surface area contributed by atoms with Crippen LogP contribution in [0.25, 0.3) is 6.08 Å². The van der Waals surface area contributed by atoms with Crippen LogP contribution in [0.3, 0.4) is 0 Å². The van der Waals surface area contributed by atoms with Crippen LogP contribution in [0.2, 0.25) is 0 Å². The molecule has 0 bridgehead atoms. The maximum absolute atomic E-state index is 14.0. The van der Waals surface area contributed by atoms with Gasteiger partial charge in [0.1, 0.15) is 17.3 Å². The molecule has 2 aromatic carbocycles. The lowest BCUT2D eigenvalue weighted by atomic mass is 9.99. The van der Waals surface area contributed by atoms with Gasteiger partial charge < -0.3 is 14.7 Å². The summed E-state index contributed by atoms with van der Waals surface area (Å²) in [6, 6.07) is 7.87. The Bertz CT molecular complexity index is 978. The van der Waals surface area contributed by atoms with Crippen molar-refractivity contribution in [3.8, 4) is 11.5 Å². The van der Waals surface area contributed by atoms with Crippen LogP contribution in [0, 0.1) is 12.7 Å². The maximum Gasteiger partial charge on any atom is 0.232 e. The number of phenolic OH excluding ortho intramolecular Hbond substituents is 1. The van der Waals surface area contributed by atoms with Gasteiger partial charge in [0.05, 0.1) is 11.1 Å². The summed E-state index contributed by atoms with van der Waals surface area (Å²) < 4.78 is 19.9. The van der Waals surface area contributed by atoms with E-state index in [0.29, 0.717) is 34.5 Å². The number of piperazine rings is 1. The van der Waals surface area contributed by atoms with E-state index >= 15 is 0 Å². The smallest absolute Gasteiger partial charge is 0.232 e. The second-order valence-electron chi connectivity index (χ2n) is 7.57. The maximum atomic E-state index is 14.0. The summed E-state index contributed by atoms with van der Waals surface area (Å²) in [6.07, 6.45) is 1.43. The normalized spacial score (nSPS) is 18.9. The third kappa shape index (κ3) is 3.78. The number of carbonyl (C=O) groups excluding carboxylic acids is 1. The fourth-order valence-corrected chi connectivity index (χ4v) is 3.95. The number of aryl methyl sites for hydroxylation is 1. The van der Waals surface area contributed by atoms with Gasteiger partial charge in [0.15, 0.2) is 5.76 Å². The molecular formula is C23H25FN2O3. The molecule has 2 aliphatic rings. The Labute approximate surface area is 170 Å². The minimum absolute atomic E-state index is 0.0795. The zero-order valence-electron chi connectivity index (χ0n) is 16.7. The van der Waals surface area contributed by atoms with Crippen molar-refractivity contribution >= 4 is 11.9 Å². The average molecular weight is 396 g/mol. The number of fused-ring (bicyclic) bond motifs is 1. The first-order valence-electron chi connectivity index (χ1n) is 9.97. The van der Waals surface area contributed by atoms with Gasteiger partial charge in [0.25, 0.3) is 0 Å². The highest BCUT2D eigenvalue weighted by molar-refractivity contribution is 6.15. The van der Waals surface area contributed by atoms with Gasteiger partial charge in [-0.2, -0.15) is 0 Å². The summed E-state index contributed by atoms with van der Waals surface area (Å²) in [5.41, 5.74) is 2.01. The lowest BCUT2D eigenvalue weighted by molar-refractivity contribution is 0.101. The summed E-state index contributed by atoms with van der Waals surface area (Å²) in [5, 5.41) is 10.6. The number of aromatic hydroxyl groups is 1. The van der Waals surface area contributed by atoms with Crippen LogP contribution < -0.4 is 4.74 Å². The SMILES string of the molecule is CCN1CCN(Cc2c(O)cc(C)c3c2O/C(=C\c2ccccc2F)C3=O)CC1. The topological polar surface area (TPSA) is 53.0 Å². The van der Waals surface area contributed by atoms with Crippen molar-refractivity contribution in [1.82, 2.24) is 9.80 Å². The summed E-state index contributed by atoms with van der Waals surface area (Å²) in [4.78, 5) is 17.6. The Kier molecular flexibility index (Phi) is 5.39. The van der Waals surface area contributed by atoms with E-state index in [1.165, 1.54) is 12.1 Å². The highest BCUT2D eigenvalue weighted by Gasteiger charge is 2.34. The number of hydrogen-bond donors (Lipinski definition) is 1. The average Bonchev–Trinajstić information content (AvgIpc) is 3.04. The molecule has 0 amide bonds. The lowest BCUT2D eigenvalue weighted by Crippen LogP contribution is -2.45. The van der Waals surface area contributed by atoms with E-state index in [4.69, 9.17) is 4.74 Å². The molecule has 1 N–H and O–H groups in total. The Morgan fingerprint density at radius 3 is 2.55 bits per heavy atom. The number of phenols is 1. The van der Waals surface area contributed by atoms with E-state index in [1.54, 1.807) is 31.2 Å². The highest BCUT2D eigenvalue weighted by Crippen LogP contribution is 2.42. The van der Waals surface area contributed by atoms with E-state index in [-0.39, 0.29) is 17.3 Å². The van der Waals surface area contributed by atoms with Gasteiger partial charge in [-0.3, -0.25) is 9.69 Å². The molecule has 5 nitrogen and oxygen atoms in total. The van der Waals surface area contributed by atoms with Gasteiger partial charge in [0, 0.05) is 38.3 Å². The van der Waals surface area contributed by atoms with Crippen molar-refractivity contribution in [2.45, 2.75) is 20.4 Å².